The van der Waals surface area contributed by atoms with Crippen molar-refractivity contribution in [2.24, 2.45) is 0 Å². The fourth-order valence-corrected chi connectivity index (χ4v) is 2.28. The summed E-state index contributed by atoms with van der Waals surface area (Å²) in [5, 5.41) is 0. The second-order valence-corrected chi connectivity index (χ2v) is 4.13. The number of hydrogen-bond donors (Lipinski definition) is 0. The molecule has 0 radical (unpaired) electrons. The normalized spacial score (nSPS) is 7.75. The third-order valence-corrected chi connectivity index (χ3v) is 3.18. The van der Waals surface area contributed by atoms with Gasteiger partial charge in [-0.15, -0.1) is 0 Å². The van der Waals surface area contributed by atoms with Crippen molar-refractivity contribution < 1.29 is 0 Å². The Labute approximate surface area is 62.1 Å². The van der Waals surface area contributed by atoms with Crippen molar-refractivity contribution in [2.75, 3.05) is 0 Å². The van der Waals surface area contributed by atoms with Gasteiger partial charge in [0.05, 0.1) is 0 Å². The molecule has 0 saturated heterocycles. The van der Waals surface area contributed by atoms with Crippen LogP contribution in [0.4, 0.5) is 0 Å². The number of rotatable bonds is 3. The van der Waals surface area contributed by atoms with Gasteiger partial charge in [-0.1, -0.05) is 0 Å². The van der Waals surface area contributed by atoms with Gasteiger partial charge in [0.2, 0.25) is 0 Å². The maximum absolute atomic E-state index is 3.16. The first-order chi connectivity index (χ1) is 3.91. The van der Waals surface area contributed by atoms with Gasteiger partial charge in [0.25, 0.3) is 0 Å². The minimum atomic E-state index is 0.106. The molecule has 0 aliphatic rings. The van der Waals surface area contributed by atoms with Crippen LogP contribution in [0.1, 0.15) is 26.7 Å². The van der Waals surface area contributed by atoms with E-state index in [1.165, 1.54) is 17.3 Å². The predicted octanol–water partition coefficient (Wildman–Crippen LogP) is 1.89. The monoisotopic (exact) mass is 226 g/mol. The molecule has 0 heterocycles. The van der Waals surface area contributed by atoms with Crippen molar-refractivity contribution in [3.63, 3.8) is 0 Å². The Morgan fingerprint density at radius 3 is 2.75 bits per heavy atom. The Kier molecular flexibility index (Phi) is 7.67. The molecule has 0 rings (SSSR count). The van der Waals surface area contributed by atoms with Crippen molar-refractivity contribution in [3.8, 4) is 9.89 Å². The molecule has 0 N–H and O–H groups in total. The van der Waals surface area contributed by atoms with E-state index < -0.39 is 0 Å². The Hall–Kier alpha value is 0.350. The van der Waals surface area contributed by atoms with Crippen LogP contribution in [0, 0.1) is 9.89 Å². The summed E-state index contributed by atoms with van der Waals surface area (Å²) in [7, 11) is 0. The molecule has 0 bridgehead atoms. The van der Waals surface area contributed by atoms with E-state index in [0.717, 1.165) is 0 Å². The van der Waals surface area contributed by atoms with E-state index in [9.17, 15) is 0 Å². The Morgan fingerprint density at radius 2 is 2.25 bits per heavy atom. The molecule has 1 heteroatoms. The summed E-state index contributed by atoms with van der Waals surface area (Å²) in [5.74, 6) is 2.93. The maximum atomic E-state index is 3.16. The zero-order valence-corrected chi connectivity index (χ0v) is 7.86. The van der Waals surface area contributed by atoms with Crippen molar-refractivity contribution >= 4 is 20.9 Å². The predicted molar refractivity (Wildman–Crippen MR) is 38.9 cm³/mol. The van der Waals surface area contributed by atoms with Gasteiger partial charge in [-0.2, -0.15) is 0 Å². The van der Waals surface area contributed by atoms with Crippen LogP contribution < -0.4 is 0 Å². The van der Waals surface area contributed by atoms with Crippen molar-refractivity contribution in [1.29, 1.82) is 0 Å². The van der Waals surface area contributed by atoms with Crippen LogP contribution in [0.25, 0.3) is 0 Å². The van der Waals surface area contributed by atoms with Crippen LogP contribution in [-0.2, 0) is 0 Å². The van der Waals surface area contributed by atoms with E-state index in [2.05, 4.69) is 16.8 Å². The SMILES string of the molecule is CC#C[Te]CCCC. The average molecular weight is 224 g/mol. The molecular weight excluding hydrogens is 212 g/mol. The van der Waals surface area contributed by atoms with E-state index in [1.54, 1.807) is 0 Å². The fourth-order valence-electron chi connectivity index (χ4n) is 0.340. The molecular formula is C7H12Te. The van der Waals surface area contributed by atoms with Gasteiger partial charge in [0, 0.05) is 0 Å². The summed E-state index contributed by atoms with van der Waals surface area (Å²) in [5.41, 5.74) is 0. The molecule has 0 amide bonds. The van der Waals surface area contributed by atoms with Crippen molar-refractivity contribution in [2.45, 2.75) is 31.2 Å². The van der Waals surface area contributed by atoms with Gasteiger partial charge >= 0.3 is 62.0 Å². The zero-order valence-electron chi connectivity index (χ0n) is 5.53. The van der Waals surface area contributed by atoms with Gasteiger partial charge in [0.1, 0.15) is 0 Å². The van der Waals surface area contributed by atoms with E-state index >= 15 is 0 Å². The van der Waals surface area contributed by atoms with Crippen molar-refractivity contribution in [3.05, 3.63) is 0 Å². The van der Waals surface area contributed by atoms with E-state index in [-0.39, 0.29) is 20.9 Å². The summed E-state index contributed by atoms with van der Waals surface area (Å²) in [4.78, 5) is 0. The van der Waals surface area contributed by atoms with E-state index in [1.807, 2.05) is 6.92 Å². The second-order valence-electron chi connectivity index (χ2n) is 1.55. The Balaban J connectivity index is 2.79. The summed E-state index contributed by atoms with van der Waals surface area (Å²) >= 11 is 0.106. The average Bonchev–Trinajstić information content (AvgIpc) is 1.81. The van der Waals surface area contributed by atoms with E-state index in [0.29, 0.717) is 0 Å². The molecule has 0 aromatic heterocycles. The molecule has 0 aromatic rings. The van der Waals surface area contributed by atoms with Crippen LogP contribution >= 0.6 is 0 Å². The molecule has 0 spiro atoms. The first-order valence-electron chi connectivity index (χ1n) is 2.95. The van der Waals surface area contributed by atoms with Crippen LogP contribution in [0.5, 0.6) is 0 Å². The molecule has 0 aliphatic carbocycles. The molecule has 0 unspecified atom stereocenters. The third-order valence-electron chi connectivity index (χ3n) is 0.774. The van der Waals surface area contributed by atoms with Gasteiger partial charge in [-0.25, -0.2) is 0 Å². The molecule has 8 heavy (non-hydrogen) atoms. The quantitative estimate of drug-likeness (QED) is 0.390. The molecule has 0 fully saturated rings. The van der Waals surface area contributed by atoms with Gasteiger partial charge in [-0.05, 0) is 0 Å². The molecule has 0 atom stereocenters. The topological polar surface area (TPSA) is 0 Å². The number of unbranched alkanes of at least 4 members (excludes halogenated alkanes) is 1. The summed E-state index contributed by atoms with van der Waals surface area (Å²) in [6, 6.07) is 0. The Bertz CT molecular complexity index is 86.3. The van der Waals surface area contributed by atoms with Crippen molar-refractivity contribution in [1.82, 2.24) is 0 Å². The van der Waals surface area contributed by atoms with Crippen LogP contribution in [0.2, 0.25) is 4.47 Å². The molecule has 46 valence electrons. The standard InChI is InChI=1S/C7H12Te/c1-3-5-7-8-6-4-2/h3,5,7H2,1-2H3. The van der Waals surface area contributed by atoms with E-state index in [4.69, 9.17) is 0 Å². The zero-order chi connectivity index (χ0) is 6.24. The minimum absolute atomic E-state index is 0.106. The molecule has 0 aromatic carbocycles. The number of hydrogen-bond acceptors (Lipinski definition) is 0. The second kappa shape index (κ2) is 7.35. The first kappa shape index (κ1) is 8.35. The molecule has 0 aliphatic heterocycles. The molecule has 0 saturated carbocycles. The Morgan fingerprint density at radius 1 is 1.50 bits per heavy atom. The summed E-state index contributed by atoms with van der Waals surface area (Å²) in [6.07, 6.45) is 2.72. The fraction of sp³-hybridized carbons (Fsp3) is 0.714. The van der Waals surface area contributed by atoms with Gasteiger partial charge < -0.3 is 0 Å². The van der Waals surface area contributed by atoms with Crippen LogP contribution in [0.15, 0.2) is 0 Å². The van der Waals surface area contributed by atoms with Crippen LogP contribution in [-0.4, -0.2) is 20.9 Å². The van der Waals surface area contributed by atoms with Gasteiger partial charge in [-0.3, -0.25) is 0 Å². The van der Waals surface area contributed by atoms with Crippen LogP contribution in [0.3, 0.4) is 0 Å². The first-order valence-corrected chi connectivity index (χ1v) is 5.76. The summed E-state index contributed by atoms with van der Waals surface area (Å²) < 4.78 is 4.57. The van der Waals surface area contributed by atoms with Gasteiger partial charge in [0.15, 0.2) is 0 Å². The third kappa shape index (κ3) is 6.35. The summed E-state index contributed by atoms with van der Waals surface area (Å²) in [6.45, 7) is 4.16. The molecule has 0 nitrogen and oxygen atoms in total.